The summed E-state index contributed by atoms with van der Waals surface area (Å²) in [4.78, 5) is 18.4. The monoisotopic (exact) mass is 408 g/mol. The Hall–Kier alpha value is -2.86. The molecule has 2 aromatic carbocycles. The lowest BCUT2D eigenvalue weighted by molar-refractivity contribution is 0.0713. The van der Waals surface area contributed by atoms with Gasteiger partial charge in [0, 0.05) is 42.4 Å². The molecule has 4 rings (SSSR count). The quantitative estimate of drug-likeness (QED) is 0.560. The maximum atomic E-state index is 13.0. The zero-order valence-electron chi connectivity index (χ0n) is 16.4. The van der Waals surface area contributed by atoms with Gasteiger partial charge < -0.3 is 19.0 Å². The second-order valence-electron chi connectivity index (χ2n) is 6.83. The van der Waals surface area contributed by atoms with Gasteiger partial charge in [0.25, 0.3) is 5.91 Å². The van der Waals surface area contributed by atoms with Crippen molar-refractivity contribution in [1.82, 2.24) is 4.90 Å². The summed E-state index contributed by atoms with van der Waals surface area (Å²) < 4.78 is 11.0. The average Bonchev–Trinajstić information content (AvgIpc) is 3.26. The Labute approximate surface area is 175 Å². The number of carbonyl (C=O) groups excluding carboxylic acids is 1. The number of nitrogens with zero attached hydrogens (tertiary/aromatic N) is 2. The van der Waals surface area contributed by atoms with Gasteiger partial charge in [-0.2, -0.15) is 0 Å². The third-order valence-electron chi connectivity index (χ3n) is 5.07. The van der Waals surface area contributed by atoms with Crippen molar-refractivity contribution in [3.63, 3.8) is 0 Å². The minimum Gasteiger partial charge on any atom is -0.495 e. The number of methoxy groups -OCH3 is 1. The highest BCUT2D eigenvalue weighted by atomic mass is 32.2. The predicted molar refractivity (Wildman–Crippen MR) is 116 cm³/mol. The van der Waals surface area contributed by atoms with E-state index in [9.17, 15) is 4.79 Å². The Balaban J connectivity index is 1.38. The summed E-state index contributed by atoms with van der Waals surface area (Å²) in [7, 11) is 1.69. The van der Waals surface area contributed by atoms with Crippen LogP contribution in [-0.4, -0.2) is 44.1 Å². The predicted octanol–water partition coefficient (Wildman–Crippen LogP) is 4.54. The molecule has 1 fully saturated rings. The second kappa shape index (κ2) is 9.09. The number of anilines is 1. The van der Waals surface area contributed by atoms with Crippen molar-refractivity contribution >= 4 is 23.4 Å². The van der Waals surface area contributed by atoms with Crippen LogP contribution in [0, 0.1) is 0 Å². The molecule has 1 aliphatic rings. The molecule has 6 heteroatoms. The van der Waals surface area contributed by atoms with Gasteiger partial charge in [0.15, 0.2) is 5.76 Å². The van der Waals surface area contributed by atoms with E-state index in [1.54, 1.807) is 25.1 Å². The molecule has 1 aromatic heterocycles. The Morgan fingerprint density at radius 1 is 1.00 bits per heavy atom. The second-order valence-corrected chi connectivity index (χ2v) is 7.88. The minimum absolute atomic E-state index is 0.0293. The van der Waals surface area contributed by atoms with Gasteiger partial charge in [-0.15, -0.1) is 11.8 Å². The number of furan rings is 1. The highest BCUT2D eigenvalue weighted by molar-refractivity contribution is 7.98. The fourth-order valence-electron chi connectivity index (χ4n) is 3.50. The van der Waals surface area contributed by atoms with Gasteiger partial charge in [-0.3, -0.25) is 4.79 Å². The Morgan fingerprint density at radius 3 is 2.48 bits per heavy atom. The fourth-order valence-corrected chi connectivity index (χ4v) is 4.40. The van der Waals surface area contributed by atoms with Crippen molar-refractivity contribution in [1.29, 1.82) is 0 Å². The molecule has 0 saturated carbocycles. The van der Waals surface area contributed by atoms with Gasteiger partial charge in [0.2, 0.25) is 0 Å². The Bertz CT molecular complexity index is 950. The lowest BCUT2D eigenvalue weighted by Crippen LogP contribution is -2.49. The first-order valence-electron chi connectivity index (χ1n) is 9.67. The summed E-state index contributed by atoms with van der Waals surface area (Å²) in [6, 6.07) is 20.1. The van der Waals surface area contributed by atoms with E-state index in [-0.39, 0.29) is 5.91 Å². The van der Waals surface area contributed by atoms with Gasteiger partial charge in [-0.1, -0.05) is 30.3 Å². The third-order valence-corrected chi connectivity index (χ3v) is 6.13. The van der Waals surface area contributed by atoms with Crippen LogP contribution in [0.5, 0.6) is 5.75 Å². The van der Waals surface area contributed by atoms with Crippen molar-refractivity contribution in [2.24, 2.45) is 0 Å². The van der Waals surface area contributed by atoms with Gasteiger partial charge >= 0.3 is 0 Å². The number of para-hydroxylation sites is 2. The summed E-state index contributed by atoms with van der Waals surface area (Å²) in [5.41, 5.74) is 2.01. The molecule has 1 aliphatic heterocycles. The first-order chi connectivity index (χ1) is 14.3. The zero-order valence-corrected chi connectivity index (χ0v) is 17.2. The molecular formula is C23H24N2O3S. The number of hydrogen-bond donors (Lipinski definition) is 0. The van der Waals surface area contributed by atoms with Gasteiger partial charge in [-0.05, 0) is 30.3 Å². The van der Waals surface area contributed by atoms with Crippen LogP contribution in [0.3, 0.4) is 0 Å². The van der Waals surface area contributed by atoms with Gasteiger partial charge in [0.05, 0.1) is 19.1 Å². The van der Waals surface area contributed by atoms with Crippen LogP contribution in [-0.2, 0) is 5.75 Å². The summed E-state index contributed by atoms with van der Waals surface area (Å²) in [5, 5.41) is 0. The lowest BCUT2D eigenvalue weighted by Gasteiger charge is -2.36. The van der Waals surface area contributed by atoms with Crippen molar-refractivity contribution in [2.75, 3.05) is 38.2 Å². The molecule has 0 radical (unpaired) electrons. The molecule has 0 N–H and O–H groups in total. The van der Waals surface area contributed by atoms with E-state index < -0.39 is 0 Å². The number of amides is 1. The first kappa shape index (κ1) is 19.5. The van der Waals surface area contributed by atoms with Crippen molar-refractivity contribution in [3.05, 3.63) is 78.3 Å². The van der Waals surface area contributed by atoms with E-state index in [4.69, 9.17) is 9.15 Å². The molecule has 150 valence electrons. The van der Waals surface area contributed by atoms with Crippen LogP contribution in [0.15, 0.2) is 76.2 Å². The van der Waals surface area contributed by atoms with E-state index in [1.165, 1.54) is 4.90 Å². The highest BCUT2D eigenvalue weighted by Crippen LogP contribution is 2.29. The number of thioether (sulfide) groups is 1. The van der Waals surface area contributed by atoms with E-state index in [1.807, 2.05) is 47.4 Å². The number of benzene rings is 2. The van der Waals surface area contributed by atoms with E-state index in [2.05, 4.69) is 23.1 Å². The van der Waals surface area contributed by atoms with E-state index in [0.717, 1.165) is 30.1 Å². The Kier molecular flexibility index (Phi) is 6.10. The molecule has 0 unspecified atom stereocenters. The molecule has 0 aliphatic carbocycles. The van der Waals surface area contributed by atoms with Crippen LogP contribution in [0.4, 0.5) is 5.69 Å². The summed E-state index contributed by atoms with van der Waals surface area (Å²) >= 11 is 1.71. The molecule has 2 heterocycles. The summed E-state index contributed by atoms with van der Waals surface area (Å²) in [6.07, 6.45) is 1.61. The van der Waals surface area contributed by atoms with Crippen LogP contribution in [0.25, 0.3) is 0 Å². The van der Waals surface area contributed by atoms with Crippen molar-refractivity contribution in [2.45, 2.75) is 10.6 Å². The van der Waals surface area contributed by atoms with E-state index >= 15 is 0 Å². The van der Waals surface area contributed by atoms with Gasteiger partial charge in [-0.25, -0.2) is 0 Å². The normalized spacial score (nSPS) is 14.1. The number of carbonyl (C=O) groups is 1. The average molecular weight is 409 g/mol. The van der Waals surface area contributed by atoms with E-state index in [0.29, 0.717) is 24.6 Å². The highest BCUT2D eigenvalue weighted by Gasteiger charge is 2.27. The number of rotatable bonds is 6. The topological polar surface area (TPSA) is 45.9 Å². The molecule has 0 atom stereocenters. The van der Waals surface area contributed by atoms with Crippen LogP contribution in [0.1, 0.15) is 16.1 Å². The number of hydrogen-bond acceptors (Lipinski definition) is 5. The minimum atomic E-state index is -0.0293. The van der Waals surface area contributed by atoms with Gasteiger partial charge in [0.1, 0.15) is 5.75 Å². The molecular weight excluding hydrogens is 384 g/mol. The summed E-state index contributed by atoms with van der Waals surface area (Å²) in [5.74, 6) is 2.00. The molecule has 1 amide bonds. The first-order valence-corrected chi connectivity index (χ1v) is 10.7. The maximum absolute atomic E-state index is 13.0. The molecule has 29 heavy (non-hydrogen) atoms. The fraction of sp³-hybridized carbons (Fsp3) is 0.261. The molecule has 5 nitrogen and oxygen atoms in total. The SMILES string of the molecule is COc1ccccc1N1CCN(C(=O)c2occc2CSc2ccccc2)CC1. The van der Waals surface area contributed by atoms with Crippen LogP contribution in [0.2, 0.25) is 0 Å². The molecule has 1 saturated heterocycles. The Morgan fingerprint density at radius 2 is 1.72 bits per heavy atom. The molecule has 0 bridgehead atoms. The van der Waals surface area contributed by atoms with Crippen LogP contribution < -0.4 is 9.64 Å². The summed E-state index contributed by atoms with van der Waals surface area (Å²) in [6.45, 7) is 2.84. The zero-order chi connectivity index (χ0) is 20.1. The van der Waals surface area contributed by atoms with Crippen molar-refractivity contribution in [3.8, 4) is 5.75 Å². The standard InChI is InChI=1S/C23H24N2O3S/c1-27-21-10-6-5-9-20(21)24-12-14-25(15-13-24)23(26)22-18(11-16-28-22)17-29-19-7-3-2-4-8-19/h2-11,16H,12-15,17H2,1H3. The van der Waals surface area contributed by atoms with Crippen molar-refractivity contribution < 1.29 is 13.9 Å². The van der Waals surface area contributed by atoms with Crippen LogP contribution >= 0.6 is 11.8 Å². The molecule has 0 spiro atoms. The third kappa shape index (κ3) is 4.43. The maximum Gasteiger partial charge on any atom is 0.289 e. The largest absolute Gasteiger partial charge is 0.495 e. The lowest BCUT2D eigenvalue weighted by atomic mass is 10.2. The smallest absolute Gasteiger partial charge is 0.289 e. The number of ether oxygens (including phenoxy) is 1. The molecule has 3 aromatic rings. The number of piperazine rings is 1.